The SMILES string of the molecule is CC(C)(C)NSc1ccc(NC2C3CCC4CC2C43C)c(NCc2ccccc2)c1. The fourth-order valence-corrected chi connectivity index (χ4v) is 6.90. The minimum atomic E-state index is 0.0822. The molecule has 0 spiro atoms. The molecule has 3 nitrogen and oxygen atoms in total. The largest absolute Gasteiger partial charge is 0.380 e. The predicted molar refractivity (Wildman–Crippen MR) is 129 cm³/mol. The van der Waals surface area contributed by atoms with Crippen LogP contribution in [0.4, 0.5) is 11.4 Å². The first-order chi connectivity index (χ1) is 14.3. The number of anilines is 2. The average Bonchev–Trinajstić information content (AvgIpc) is 2.87. The van der Waals surface area contributed by atoms with Crippen LogP contribution in [0.1, 0.15) is 52.5 Å². The molecule has 3 saturated carbocycles. The van der Waals surface area contributed by atoms with E-state index in [1.807, 2.05) is 0 Å². The van der Waals surface area contributed by atoms with E-state index in [0.717, 1.165) is 24.3 Å². The molecular weight excluding hydrogens is 386 g/mol. The van der Waals surface area contributed by atoms with E-state index in [1.54, 1.807) is 11.9 Å². The number of hydrogen-bond acceptors (Lipinski definition) is 4. The summed E-state index contributed by atoms with van der Waals surface area (Å²) >= 11 is 1.72. The monoisotopic (exact) mass is 421 g/mol. The second-order valence-corrected chi connectivity index (χ2v) is 11.6. The molecule has 3 N–H and O–H groups in total. The van der Waals surface area contributed by atoms with Crippen LogP contribution in [-0.2, 0) is 6.54 Å². The maximum Gasteiger partial charge on any atom is 0.0590 e. The molecule has 0 heterocycles. The normalized spacial score (nSPS) is 31.5. The van der Waals surface area contributed by atoms with E-state index in [1.165, 1.54) is 41.1 Å². The van der Waals surface area contributed by atoms with E-state index in [4.69, 9.17) is 0 Å². The standard InChI is InChI=1S/C26H35N3S/c1-25(2,3)29-30-19-11-13-22(23(15-19)27-16-17-8-6-5-7-9-17)28-24-20-12-10-18-14-21(24)26(18,20)4/h5-9,11,13,15,18,20-21,24,27-29H,10,12,14,16H2,1-4H3. The van der Waals surface area contributed by atoms with Crippen molar-refractivity contribution in [1.82, 2.24) is 4.72 Å². The highest BCUT2D eigenvalue weighted by molar-refractivity contribution is 7.97. The second-order valence-electron chi connectivity index (χ2n) is 10.8. The van der Waals surface area contributed by atoms with Gasteiger partial charge in [-0.15, -0.1) is 0 Å². The summed E-state index contributed by atoms with van der Waals surface area (Å²) in [4.78, 5) is 1.24. The molecule has 0 bridgehead atoms. The van der Waals surface area contributed by atoms with E-state index in [-0.39, 0.29) is 5.54 Å². The van der Waals surface area contributed by atoms with E-state index in [2.05, 4.69) is 91.6 Å². The smallest absolute Gasteiger partial charge is 0.0590 e. The van der Waals surface area contributed by atoms with Gasteiger partial charge < -0.3 is 10.6 Å². The van der Waals surface area contributed by atoms with Crippen molar-refractivity contribution < 1.29 is 0 Å². The second kappa shape index (κ2) is 7.49. The Hall–Kier alpha value is -1.65. The molecule has 0 radical (unpaired) electrons. The molecule has 5 atom stereocenters. The van der Waals surface area contributed by atoms with Crippen LogP contribution >= 0.6 is 11.9 Å². The summed E-state index contributed by atoms with van der Waals surface area (Å²) < 4.78 is 3.54. The maximum absolute atomic E-state index is 3.97. The van der Waals surface area contributed by atoms with Gasteiger partial charge in [-0.1, -0.05) is 37.3 Å². The van der Waals surface area contributed by atoms with Crippen LogP contribution in [0.15, 0.2) is 53.4 Å². The van der Waals surface area contributed by atoms with Crippen molar-refractivity contribution in [1.29, 1.82) is 0 Å². The predicted octanol–water partition coefficient (Wildman–Crippen LogP) is 6.54. The summed E-state index contributed by atoms with van der Waals surface area (Å²) in [5.41, 5.74) is 4.50. The Morgan fingerprint density at radius 2 is 1.80 bits per heavy atom. The summed E-state index contributed by atoms with van der Waals surface area (Å²) in [6.07, 6.45) is 4.29. The van der Waals surface area contributed by atoms with Crippen molar-refractivity contribution in [3.05, 3.63) is 54.1 Å². The lowest BCUT2D eigenvalue weighted by Crippen LogP contribution is -2.68. The molecule has 0 aliphatic heterocycles. The number of rotatable bonds is 7. The van der Waals surface area contributed by atoms with Crippen molar-refractivity contribution in [3.63, 3.8) is 0 Å². The van der Waals surface area contributed by atoms with Gasteiger partial charge in [-0.25, -0.2) is 0 Å². The van der Waals surface area contributed by atoms with Crippen molar-refractivity contribution in [2.45, 2.75) is 70.0 Å². The Morgan fingerprint density at radius 1 is 1.00 bits per heavy atom. The quantitative estimate of drug-likeness (QED) is 0.444. The molecule has 5 unspecified atom stereocenters. The van der Waals surface area contributed by atoms with Gasteiger partial charge in [0.15, 0.2) is 0 Å². The molecule has 4 heteroatoms. The Kier molecular flexibility index (Phi) is 5.06. The summed E-state index contributed by atoms with van der Waals surface area (Å²) in [5, 5.41) is 7.69. The Labute approximate surface area is 185 Å². The van der Waals surface area contributed by atoms with Crippen LogP contribution in [0.25, 0.3) is 0 Å². The number of benzene rings is 2. The molecule has 3 aliphatic rings. The zero-order valence-corrected chi connectivity index (χ0v) is 19.5. The third-order valence-electron chi connectivity index (χ3n) is 7.82. The fraction of sp³-hybridized carbons (Fsp3) is 0.538. The highest BCUT2D eigenvalue weighted by Crippen LogP contribution is 2.74. The topological polar surface area (TPSA) is 36.1 Å². The van der Waals surface area contributed by atoms with Crippen LogP contribution in [0.3, 0.4) is 0 Å². The molecule has 3 aliphatic carbocycles. The minimum Gasteiger partial charge on any atom is -0.380 e. The molecule has 2 aromatic carbocycles. The zero-order valence-electron chi connectivity index (χ0n) is 18.7. The Morgan fingerprint density at radius 3 is 2.57 bits per heavy atom. The van der Waals surface area contributed by atoms with Crippen molar-refractivity contribution in [2.75, 3.05) is 10.6 Å². The summed E-state index contributed by atoms with van der Waals surface area (Å²) in [5.74, 6) is 2.73. The molecule has 0 amide bonds. The lowest BCUT2D eigenvalue weighted by molar-refractivity contribution is -0.154. The van der Waals surface area contributed by atoms with Gasteiger partial charge in [0.05, 0.1) is 11.4 Å². The van der Waals surface area contributed by atoms with Gasteiger partial charge >= 0.3 is 0 Å². The molecular formula is C26H35N3S. The van der Waals surface area contributed by atoms with Crippen LogP contribution in [0.2, 0.25) is 0 Å². The van der Waals surface area contributed by atoms with Gasteiger partial charge in [0.25, 0.3) is 0 Å². The Bertz CT molecular complexity index is 906. The summed E-state index contributed by atoms with van der Waals surface area (Å²) in [7, 11) is 0. The van der Waals surface area contributed by atoms with Gasteiger partial charge in [0, 0.05) is 23.0 Å². The summed E-state index contributed by atoms with van der Waals surface area (Å²) in [6, 6.07) is 18.1. The van der Waals surface area contributed by atoms with Gasteiger partial charge in [0.1, 0.15) is 0 Å². The molecule has 0 saturated heterocycles. The lowest BCUT2D eigenvalue weighted by Gasteiger charge is -2.68. The summed E-state index contributed by atoms with van der Waals surface area (Å²) in [6.45, 7) is 9.99. The lowest BCUT2D eigenvalue weighted by atomic mass is 9.39. The molecule has 0 aromatic heterocycles. The van der Waals surface area contributed by atoms with Crippen LogP contribution in [-0.4, -0.2) is 11.6 Å². The number of hydrogen-bond donors (Lipinski definition) is 3. The minimum absolute atomic E-state index is 0.0822. The molecule has 30 heavy (non-hydrogen) atoms. The molecule has 2 aromatic rings. The Balaban J connectivity index is 1.34. The highest BCUT2D eigenvalue weighted by Gasteiger charge is 2.71. The average molecular weight is 422 g/mol. The van der Waals surface area contributed by atoms with E-state index in [0.29, 0.717) is 11.5 Å². The van der Waals surface area contributed by atoms with E-state index >= 15 is 0 Å². The van der Waals surface area contributed by atoms with Crippen LogP contribution < -0.4 is 15.4 Å². The first-order valence-electron chi connectivity index (χ1n) is 11.5. The van der Waals surface area contributed by atoms with E-state index < -0.39 is 0 Å². The van der Waals surface area contributed by atoms with Crippen LogP contribution in [0, 0.1) is 23.2 Å². The van der Waals surface area contributed by atoms with Crippen LogP contribution in [0.5, 0.6) is 0 Å². The first-order valence-corrected chi connectivity index (χ1v) is 12.3. The zero-order chi connectivity index (χ0) is 20.9. The number of nitrogens with one attached hydrogen (secondary N) is 3. The van der Waals surface area contributed by atoms with Gasteiger partial charge in [0.2, 0.25) is 0 Å². The van der Waals surface area contributed by atoms with Crippen molar-refractivity contribution in [2.24, 2.45) is 23.2 Å². The third kappa shape index (κ3) is 3.52. The maximum atomic E-state index is 3.97. The van der Waals surface area contributed by atoms with Crippen molar-refractivity contribution in [3.8, 4) is 0 Å². The molecule has 3 fully saturated rings. The fourth-order valence-electron chi connectivity index (χ4n) is 6.16. The highest BCUT2D eigenvalue weighted by atomic mass is 32.2. The molecule has 160 valence electrons. The van der Waals surface area contributed by atoms with Crippen molar-refractivity contribution >= 4 is 23.3 Å². The van der Waals surface area contributed by atoms with Gasteiger partial charge in [-0.05, 0) is 98.9 Å². The first kappa shape index (κ1) is 20.3. The van der Waals surface area contributed by atoms with Gasteiger partial charge in [-0.2, -0.15) is 0 Å². The molecule has 5 rings (SSSR count). The third-order valence-corrected chi connectivity index (χ3v) is 9.03. The van der Waals surface area contributed by atoms with Gasteiger partial charge in [-0.3, -0.25) is 4.72 Å². The van der Waals surface area contributed by atoms with E-state index in [9.17, 15) is 0 Å².